The van der Waals surface area contributed by atoms with Gasteiger partial charge in [-0.1, -0.05) is 42.4 Å². The number of rotatable bonds is 8. The predicted molar refractivity (Wildman–Crippen MR) is 87.6 cm³/mol. The van der Waals surface area contributed by atoms with E-state index in [1.54, 1.807) is 12.1 Å². The molecule has 0 radical (unpaired) electrons. The Labute approximate surface area is 138 Å². The zero-order chi connectivity index (χ0) is 15.8. The molecule has 1 amide bonds. The fourth-order valence-electron chi connectivity index (χ4n) is 1.67. The quantitative estimate of drug-likeness (QED) is 0.569. The third kappa shape index (κ3) is 5.23. The van der Waals surface area contributed by atoms with Crippen molar-refractivity contribution in [3.63, 3.8) is 0 Å². The number of hydrogen-bond acceptors (Lipinski definition) is 5. The van der Waals surface area contributed by atoms with Gasteiger partial charge in [0.25, 0.3) is 0 Å². The maximum absolute atomic E-state index is 11.8. The summed E-state index contributed by atoms with van der Waals surface area (Å²) in [5.41, 5.74) is 0. The highest BCUT2D eigenvalue weighted by Gasteiger charge is 2.07. The molecule has 0 aliphatic rings. The maximum Gasteiger partial charge on any atom is 0.226 e. The molecule has 0 atom stereocenters. The van der Waals surface area contributed by atoms with E-state index in [0.717, 1.165) is 5.75 Å². The molecule has 1 aromatic heterocycles. The summed E-state index contributed by atoms with van der Waals surface area (Å²) in [6.45, 7) is 2.43. The molecule has 0 aliphatic heterocycles. The average molecular weight is 341 g/mol. The van der Waals surface area contributed by atoms with Gasteiger partial charge in [0.1, 0.15) is 5.75 Å². The molecule has 0 bridgehead atoms. The largest absolute Gasteiger partial charge is 0.492 e. The fourth-order valence-corrected chi connectivity index (χ4v) is 2.38. The molecule has 0 saturated carbocycles. The SMILES string of the molecule is CCSc1n[nH]c(NC(=O)CCCOc2ccccc2Cl)n1. The van der Waals surface area contributed by atoms with Crippen LogP contribution < -0.4 is 10.1 Å². The second-order valence-electron chi connectivity index (χ2n) is 4.33. The molecule has 6 nitrogen and oxygen atoms in total. The lowest BCUT2D eigenvalue weighted by Gasteiger charge is -2.07. The normalized spacial score (nSPS) is 10.5. The highest BCUT2D eigenvalue weighted by Crippen LogP contribution is 2.23. The number of thioether (sulfide) groups is 1. The molecule has 0 saturated heterocycles. The van der Waals surface area contributed by atoms with E-state index in [9.17, 15) is 4.79 Å². The number of halogens is 1. The lowest BCUT2D eigenvalue weighted by atomic mass is 10.3. The van der Waals surface area contributed by atoms with Crippen LogP contribution in [0.2, 0.25) is 5.02 Å². The lowest BCUT2D eigenvalue weighted by Crippen LogP contribution is -2.13. The maximum atomic E-state index is 11.8. The predicted octanol–water partition coefficient (Wildman–Crippen LogP) is 3.37. The molecule has 0 unspecified atom stereocenters. The van der Waals surface area contributed by atoms with E-state index >= 15 is 0 Å². The summed E-state index contributed by atoms with van der Waals surface area (Å²) in [6, 6.07) is 7.25. The van der Waals surface area contributed by atoms with E-state index < -0.39 is 0 Å². The van der Waals surface area contributed by atoms with E-state index in [2.05, 4.69) is 20.5 Å². The molecule has 8 heteroatoms. The van der Waals surface area contributed by atoms with Gasteiger partial charge >= 0.3 is 0 Å². The van der Waals surface area contributed by atoms with Crippen molar-refractivity contribution in [1.29, 1.82) is 0 Å². The van der Waals surface area contributed by atoms with Crippen molar-refractivity contribution in [3.05, 3.63) is 29.3 Å². The number of carbonyl (C=O) groups is 1. The van der Waals surface area contributed by atoms with Crippen molar-refractivity contribution < 1.29 is 9.53 Å². The Balaban J connectivity index is 1.68. The minimum Gasteiger partial charge on any atom is -0.492 e. The monoisotopic (exact) mass is 340 g/mol. The van der Waals surface area contributed by atoms with Crippen LogP contribution >= 0.6 is 23.4 Å². The van der Waals surface area contributed by atoms with Gasteiger partial charge in [-0.05, 0) is 24.3 Å². The van der Waals surface area contributed by atoms with Gasteiger partial charge in [-0.15, -0.1) is 5.10 Å². The molecule has 1 aromatic carbocycles. The Morgan fingerprint density at radius 3 is 3.05 bits per heavy atom. The van der Waals surface area contributed by atoms with Crippen LogP contribution in [0.1, 0.15) is 19.8 Å². The smallest absolute Gasteiger partial charge is 0.226 e. The molecule has 1 heterocycles. The third-order valence-electron chi connectivity index (χ3n) is 2.64. The van der Waals surface area contributed by atoms with Gasteiger partial charge in [-0.2, -0.15) is 4.98 Å². The van der Waals surface area contributed by atoms with Crippen molar-refractivity contribution in [2.24, 2.45) is 0 Å². The number of aromatic amines is 1. The van der Waals surface area contributed by atoms with Crippen LogP contribution in [-0.2, 0) is 4.79 Å². The second kappa shape index (κ2) is 8.65. The van der Waals surface area contributed by atoms with Gasteiger partial charge in [0.15, 0.2) is 0 Å². The number of ether oxygens (including phenoxy) is 1. The summed E-state index contributed by atoms with van der Waals surface area (Å²) >= 11 is 7.48. The Morgan fingerprint density at radius 1 is 1.45 bits per heavy atom. The van der Waals surface area contributed by atoms with Crippen LogP contribution in [0.3, 0.4) is 0 Å². The van der Waals surface area contributed by atoms with Crippen molar-refractivity contribution in [2.45, 2.75) is 24.9 Å². The minimum atomic E-state index is -0.132. The van der Waals surface area contributed by atoms with Crippen LogP contribution in [0.25, 0.3) is 0 Å². The Bertz CT molecular complexity index is 620. The molecule has 0 fully saturated rings. The van der Waals surface area contributed by atoms with Crippen molar-refractivity contribution >= 4 is 35.2 Å². The highest BCUT2D eigenvalue weighted by atomic mass is 35.5. The molecule has 2 aromatic rings. The summed E-state index contributed by atoms with van der Waals surface area (Å²) in [5.74, 6) is 1.74. The molecular weight excluding hydrogens is 324 g/mol. The van der Waals surface area contributed by atoms with Gasteiger partial charge in [0, 0.05) is 6.42 Å². The summed E-state index contributed by atoms with van der Waals surface area (Å²) < 4.78 is 5.52. The van der Waals surface area contributed by atoms with Gasteiger partial charge < -0.3 is 4.74 Å². The van der Waals surface area contributed by atoms with E-state index in [-0.39, 0.29) is 5.91 Å². The number of benzene rings is 1. The molecular formula is C14H17ClN4O2S. The van der Waals surface area contributed by atoms with Gasteiger partial charge in [0.2, 0.25) is 17.0 Å². The lowest BCUT2D eigenvalue weighted by molar-refractivity contribution is -0.116. The van der Waals surface area contributed by atoms with Crippen LogP contribution in [-0.4, -0.2) is 33.4 Å². The van der Waals surface area contributed by atoms with Crippen LogP contribution in [0, 0.1) is 0 Å². The standard InChI is InChI=1S/C14H17ClN4O2S/c1-2-22-14-17-13(18-19-14)16-12(20)8-5-9-21-11-7-4-3-6-10(11)15/h3-4,6-7H,2,5,8-9H2,1H3,(H2,16,17,18,19,20). The molecule has 118 valence electrons. The molecule has 2 rings (SSSR count). The topological polar surface area (TPSA) is 79.9 Å². The van der Waals surface area contributed by atoms with Gasteiger partial charge in [-0.3, -0.25) is 10.1 Å². The van der Waals surface area contributed by atoms with Gasteiger partial charge in [0.05, 0.1) is 11.6 Å². The first-order chi connectivity index (χ1) is 10.7. The first kappa shape index (κ1) is 16.6. The first-order valence-electron chi connectivity index (χ1n) is 6.91. The second-order valence-corrected chi connectivity index (χ2v) is 5.97. The Kier molecular flexibility index (Phi) is 6.54. The Hall–Kier alpha value is -1.73. The van der Waals surface area contributed by atoms with E-state index in [1.807, 2.05) is 19.1 Å². The van der Waals surface area contributed by atoms with Crippen LogP contribution in [0.5, 0.6) is 5.75 Å². The number of aromatic nitrogens is 3. The fraction of sp³-hybridized carbons (Fsp3) is 0.357. The summed E-state index contributed by atoms with van der Waals surface area (Å²) in [4.78, 5) is 15.9. The first-order valence-corrected chi connectivity index (χ1v) is 8.27. The summed E-state index contributed by atoms with van der Waals surface area (Å²) in [7, 11) is 0. The van der Waals surface area contributed by atoms with Crippen LogP contribution in [0.4, 0.5) is 5.95 Å². The summed E-state index contributed by atoms with van der Waals surface area (Å²) in [5, 5.41) is 10.5. The van der Waals surface area contributed by atoms with Crippen molar-refractivity contribution in [3.8, 4) is 5.75 Å². The van der Waals surface area contributed by atoms with Gasteiger partial charge in [-0.25, -0.2) is 5.10 Å². The zero-order valence-corrected chi connectivity index (χ0v) is 13.7. The summed E-state index contributed by atoms with van der Waals surface area (Å²) in [6.07, 6.45) is 0.920. The number of hydrogen-bond donors (Lipinski definition) is 2. The van der Waals surface area contributed by atoms with E-state index in [1.165, 1.54) is 11.8 Å². The van der Waals surface area contributed by atoms with Crippen molar-refractivity contribution in [2.75, 3.05) is 17.7 Å². The number of anilines is 1. The number of nitrogens with zero attached hydrogens (tertiary/aromatic N) is 2. The highest BCUT2D eigenvalue weighted by molar-refractivity contribution is 7.99. The number of para-hydroxylation sites is 1. The zero-order valence-electron chi connectivity index (χ0n) is 12.1. The van der Waals surface area contributed by atoms with Crippen molar-refractivity contribution in [1.82, 2.24) is 15.2 Å². The number of H-pyrrole nitrogens is 1. The molecule has 22 heavy (non-hydrogen) atoms. The minimum absolute atomic E-state index is 0.132. The average Bonchev–Trinajstić information content (AvgIpc) is 2.93. The molecule has 2 N–H and O–H groups in total. The third-order valence-corrected chi connectivity index (χ3v) is 3.68. The molecule has 0 spiro atoms. The number of nitrogens with one attached hydrogen (secondary N) is 2. The number of amides is 1. The Morgan fingerprint density at radius 2 is 2.27 bits per heavy atom. The van der Waals surface area contributed by atoms with E-state index in [4.69, 9.17) is 16.3 Å². The number of carbonyl (C=O) groups excluding carboxylic acids is 1. The van der Waals surface area contributed by atoms with E-state index in [0.29, 0.717) is 41.3 Å². The molecule has 0 aliphatic carbocycles. The van der Waals surface area contributed by atoms with Crippen LogP contribution in [0.15, 0.2) is 29.4 Å².